The van der Waals surface area contributed by atoms with Gasteiger partial charge in [0.1, 0.15) is 6.04 Å². The van der Waals surface area contributed by atoms with Crippen LogP contribution in [0.1, 0.15) is 17.3 Å². The Hall–Kier alpha value is -1.14. The van der Waals surface area contributed by atoms with Gasteiger partial charge in [0.15, 0.2) is 0 Å². The molecule has 0 saturated heterocycles. The van der Waals surface area contributed by atoms with E-state index in [0.717, 1.165) is 0 Å². The first kappa shape index (κ1) is 10.9. The highest BCUT2D eigenvalue weighted by molar-refractivity contribution is 5.24. The normalized spacial score (nSPS) is 14.1. The van der Waals surface area contributed by atoms with Gasteiger partial charge in [0.25, 0.3) is 0 Å². The molecular formula is C8H9F3N2O. The van der Waals surface area contributed by atoms with Gasteiger partial charge < -0.3 is 10.8 Å². The summed E-state index contributed by atoms with van der Waals surface area (Å²) in [6, 6.07) is 0.454. The van der Waals surface area contributed by atoms with E-state index in [1.54, 1.807) is 0 Å². The Morgan fingerprint density at radius 3 is 2.64 bits per heavy atom. The van der Waals surface area contributed by atoms with Crippen LogP contribution in [0.4, 0.5) is 13.2 Å². The summed E-state index contributed by atoms with van der Waals surface area (Å²) in [5, 5.41) is 8.75. The second kappa shape index (κ2) is 3.93. The molecule has 0 unspecified atom stereocenters. The maximum atomic E-state index is 12.2. The topological polar surface area (TPSA) is 59.1 Å². The minimum Gasteiger partial charge on any atom is -0.390 e. The average molecular weight is 206 g/mol. The molecule has 0 radical (unpaired) electrons. The van der Waals surface area contributed by atoms with Crippen molar-refractivity contribution in [3.05, 3.63) is 29.6 Å². The molecule has 1 atom stereocenters. The van der Waals surface area contributed by atoms with Crippen molar-refractivity contribution in [2.24, 2.45) is 5.73 Å². The van der Waals surface area contributed by atoms with E-state index in [0.29, 0.717) is 0 Å². The molecule has 0 amide bonds. The van der Waals surface area contributed by atoms with Gasteiger partial charge in [0, 0.05) is 11.8 Å². The van der Waals surface area contributed by atoms with E-state index in [1.807, 2.05) is 0 Å². The molecule has 0 aliphatic carbocycles. The highest BCUT2D eigenvalue weighted by Gasteiger charge is 2.39. The zero-order valence-electron chi connectivity index (χ0n) is 7.12. The summed E-state index contributed by atoms with van der Waals surface area (Å²) in [6.45, 7) is -0.556. The van der Waals surface area contributed by atoms with Gasteiger partial charge in [-0.3, -0.25) is 4.98 Å². The number of aliphatic hydroxyl groups is 1. The maximum Gasteiger partial charge on any atom is 0.407 e. The molecule has 78 valence electrons. The van der Waals surface area contributed by atoms with Crippen LogP contribution in [0, 0.1) is 0 Å². The monoisotopic (exact) mass is 206 g/mol. The lowest BCUT2D eigenvalue weighted by Crippen LogP contribution is -2.29. The third kappa shape index (κ3) is 2.21. The third-order valence-electron chi connectivity index (χ3n) is 1.76. The highest BCUT2D eigenvalue weighted by atomic mass is 19.4. The van der Waals surface area contributed by atoms with E-state index >= 15 is 0 Å². The van der Waals surface area contributed by atoms with Crippen LogP contribution in [0.25, 0.3) is 0 Å². The van der Waals surface area contributed by atoms with Crippen LogP contribution < -0.4 is 5.73 Å². The minimum absolute atomic E-state index is 0.0441. The van der Waals surface area contributed by atoms with Crippen LogP contribution in [0.5, 0.6) is 0 Å². The minimum atomic E-state index is -4.52. The standard InChI is InChI=1S/C8H9F3N2O/c9-8(10,11)7(12)5-2-1-3-13-6(5)4-14/h1-3,7,14H,4,12H2/t7-/m1/s1. The first-order chi connectivity index (χ1) is 6.46. The van der Waals surface area contributed by atoms with Gasteiger partial charge >= 0.3 is 6.18 Å². The van der Waals surface area contributed by atoms with Gasteiger partial charge in [-0.15, -0.1) is 0 Å². The zero-order chi connectivity index (χ0) is 10.8. The molecule has 1 aromatic heterocycles. The van der Waals surface area contributed by atoms with Gasteiger partial charge in [0.2, 0.25) is 0 Å². The van der Waals surface area contributed by atoms with Crippen LogP contribution in [-0.2, 0) is 6.61 Å². The molecule has 1 aromatic rings. The summed E-state index contributed by atoms with van der Waals surface area (Å²) in [6.07, 6.45) is -3.22. The van der Waals surface area contributed by atoms with Crippen molar-refractivity contribution in [3.63, 3.8) is 0 Å². The molecule has 0 aliphatic heterocycles. The van der Waals surface area contributed by atoms with Crippen LogP contribution in [0.2, 0.25) is 0 Å². The first-order valence-electron chi connectivity index (χ1n) is 3.83. The zero-order valence-corrected chi connectivity index (χ0v) is 7.12. The van der Waals surface area contributed by atoms with Crippen molar-refractivity contribution in [1.29, 1.82) is 0 Å². The fourth-order valence-corrected chi connectivity index (χ4v) is 1.04. The molecule has 0 aliphatic rings. The van der Waals surface area contributed by atoms with E-state index in [-0.39, 0.29) is 11.3 Å². The second-order valence-corrected chi connectivity index (χ2v) is 2.72. The van der Waals surface area contributed by atoms with Crippen LogP contribution in [0.15, 0.2) is 18.3 Å². The number of nitrogens with two attached hydrogens (primary N) is 1. The molecule has 0 fully saturated rings. The molecule has 1 heterocycles. The molecular weight excluding hydrogens is 197 g/mol. The Kier molecular flexibility index (Phi) is 3.07. The van der Waals surface area contributed by atoms with E-state index < -0.39 is 18.8 Å². The summed E-state index contributed by atoms with van der Waals surface area (Å²) >= 11 is 0. The molecule has 14 heavy (non-hydrogen) atoms. The Bertz CT molecular complexity index is 314. The number of aliphatic hydroxyl groups excluding tert-OH is 1. The van der Waals surface area contributed by atoms with Crippen molar-refractivity contribution in [2.75, 3.05) is 0 Å². The fourth-order valence-electron chi connectivity index (χ4n) is 1.04. The molecule has 6 heteroatoms. The number of nitrogens with zero attached hydrogens (tertiary/aromatic N) is 1. The van der Waals surface area contributed by atoms with Crippen molar-refractivity contribution in [3.8, 4) is 0 Å². The second-order valence-electron chi connectivity index (χ2n) is 2.72. The lowest BCUT2D eigenvalue weighted by atomic mass is 10.1. The van der Waals surface area contributed by atoms with Gasteiger partial charge in [-0.2, -0.15) is 13.2 Å². The van der Waals surface area contributed by atoms with Gasteiger partial charge in [-0.1, -0.05) is 6.07 Å². The maximum absolute atomic E-state index is 12.2. The fraction of sp³-hybridized carbons (Fsp3) is 0.375. The van der Waals surface area contributed by atoms with Gasteiger partial charge in [-0.05, 0) is 6.07 Å². The summed E-state index contributed by atoms with van der Waals surface area (Å²) < 4.78 is 36.7. The van der Waals surface area contributed by atoms with Gasteiger partial charge in [-0.25, -0.2) is 0 Å². The predicted molar refractivity (Wildman–Crippen MR) is 43.1 cm³/mol. The number of rotatable bonds is 2. The van der Waals surface area contributed by atoms with E-state index in [2.05, 4.69) is 4.98 Å². The number of aromatic nitrogens is 1. The van der Waals surface area contributed by atoms with Crippen molar-refractivity contribution >= 4 is 0 Å². The summed E-state index contributed by atoms with van der Waals surface area (Å²) in [4.78, 5) is 3.60. The van der Waals surface area contributed by atoms with Crippen LogP contribution in [0.3, 0.4) is 0 Å². The van der Waals surface area contributed by atoms with E-state index in [1.165, 1.54) is 18.3 Å². The number of hydrogen-bond acceptors (Lipinski definition) is 3. The summed E-state index contributed by atoms with van der Waals surface area (Å²) in [5.41, 5.74) is 4.74. The summed E-state index contributed by atoms with van der Waals surface area (Å²) in [5.74, 6) is 0. The largest absolute Gasteiger partial charge is 0.407 e. The molecule has 0 bridgehead atoms. The lowest BCUT2D eigenvalue weighted by molar-refractivity contribution is -0.149. The molecule has 1 rings (SSSR count). The van der Waals surface area contributed by atoms with Crippen molar-refractivity contribution < 1.29 is 18.3 Å². The molecule has 3 N–H and O–H groups in total. The average Bonchev–Trinajstić information content (AvgIpc) is 2.15. The number of pyridine rings is 1. The van der Waals surface area contributed by atoms with Crippen LogP contribution >= 0.6 is 0 Å². The molecule has 0 saturated carbocycles. The SMILES string of the molecule is N[C@H](c1cccnc1CO)C(F)(F)F. The van der Waals surface area contributed by atoms with E-state index in [4.69, 9.17) is 10.8 Å². The quantitative estimate of drug-likeness (QED) is 0.762. The Labute approximate surface area is 78.4 Å². The van der Waals surface area contributed by atoms with E-state index in [9.17, 15) is 13.2 Å². The Balaban J connectivity index is 3.06. The summed E-state index contributed by atoms with van der Waals surface area (Å²) in [7, 11) is 0. The lowest BCUT2D eigenvalue weighted by Gasteiger charge is -2.17. The Morgan fingerprint density at radius 2 is 2.14 bits per heavy atom. The highest BCUT2D eigenvalue weighted by Crippen LogP contribution is 2.31. The predicted octanol–water partition coefficient (Wildman–Crippen LogP) is 1.14. The number of alkyl halides is 3. The van der Waals surface area contributed by atoms with Crippen LogP contribution in [-0.4, -0.2) is 16.3 Å². The smallest absolute Gasteiger partial charge is 0.390 e. The number of hydrogen-bond donors (Lipinski definition) is 2. The van der Waals surface area contributed by atoms with Gasteiger partial charge in [0.05, 0.1) is 12.3 Å². The number of halogens is 3. The molecule has 3 nitrogen and oxygen atoms in total. The Morgan fingerprint density at radius 1 is 1.50 bits per heavy atom. The third-order valence-corrected chi connectivity index (χ3v) is 1.76. The molecule has 0 aromatic carbocycles. The molecule has 0 spiro atoms. The van der Waals surface area contributed by atoms with Crippen molar-refractivity contribution in [2.45, 2.75) is 18.8 Å². The first-order valence-corrected chi connectivity index (χ1v) is 3.83. The van der Waals surface area contributed by atoms with Crippen molar-refractivity contribution in [1.82, 2.24) is 4.98 Å².